The number of aromatic amines is 1. The lowest BCUT2D eigenvalue weighted by molar-refractivity contribution is 0.106. The molecule has 0 amide bonds. The highest BCUT2D eigenvalue weighted by atomic mass is 127. The van der Waals surface area contributed by atoms with E-state index in [1.807, 2.05) is 48.5 Å². The number of ether oxygens (including phenoxy) is 1. The Morgan fingerprint density at radius 3 is 2.53 bits per heavy atom. The molecule has 2 aromatic carbocycles. The minimum atomic E-state index is -0.263. The lowest BCUT2D eigenvalue weighted by atomic mass is 10.1. The maximum absolute atomic E-state index is 13.2. The Hall–Kier alpha value is -2.46. The number of H-pyrrole nitrogens is 1. The second-order valence-electron chi connectivity index (χ2n) is 6.67. The van der Waals surface area contributed by atoms with Crippen molar-refractivity contribution in [1.82, 2.24) is 20.2 Å². The lowest BCUT2D eigenvalue weighted by Gasteiger charge is -2.24. The number of imidazole rings is 1. The largest absolute Gasteiger partial charge is 0.375 e. The van der Waals surface area contributed by atoms with Crippen molar-refractivity contribution in [1.29, 1.82) is 0 Å². The van der Waals surface area contributed by atoms with Crippen molar-refractivity contribution in [3.8, 4) is 11.3 Å². The molecule has 1 unspecified atom stereocenters. The first-order chi connectivity index (χ1) is 14.1. The van der Waals surface area contributed by atoms with Crippen molar-refractivity contribution in [2.45, 2.75) is 12.6 Å². The molecule has 0 aliphatic heterocycles. The highest BCUT2D eigenvalue weighted by Gasteiger charge is 2.14. The molecule has 6 nitrogen and oxygen atoms in total. The molecule has 0 bridgehead atoms. The second kappa shape index (κ2) is 11.7. The van der Waals surface area contributed by atoms with Crippen LogP contribution in [0.4, 0.5) is 4.39 Å². The van der Waals surface area contributed by atoms with Crippen LogP contribution in [-0.2, 0) is 11.3 Å². The Labute approximate surface area is 193 Å². The zero-order valence-electron chi connectivity index (χ0n) is 17.3. The van der Waals surface area contributed by atoms with Crippen molar-refractivity contribution in [2.75, 3.05) is 27.7 Å². The number of nitrogens with zero attached hydrogens (tertiary/aromatic N) is 3. The van der Waals surface area contributed by atoms with Gasteiger partial charge in [-0.05, 0) is 23.3 Å². The summed E-state index contributed by atoms with van der Waals surface area (Å²) in [4.78, 5) is 14.1. The molecule has 1 atom stereocenters. The molecular formula is C22H27FIN5O. The molecule has 2 N–H and O–H groups in total. The molecule has 0 aliphatic rings. The van der Waals surface area contributed by atoms with Crippen LogP contribution < -0.4 is 5.32 Å². The van der Waals surface area contributed by atoms with Gasteiger partial charge in [0.15, 0.2) is 5.96 Å². The second-order valence-corrected chi connectivity index (χ2v) is 6.67. The zero-order valence-corrected chi connectivity index (χ0v) is 19.6. The number of nitrogens with one attached hydrogen (secondary N) is 2. The summed E-state index contributed by atoms with van der Waals surface area (Å²) in [6.07, 6.45) is 1.62. The molecule has 3 rings (SSSR count). The summed E-state index contributed by atoms with van der Waals surface area (Å²) in [5, 5.41) is 3.31. The fourth-order valence-corrected chi connectivity index (χ4v) is 3.09. The minimum Gasteiger partial charge on any atom is -0.375 e. The number of rotatable bonds is 7. The first-order valence-electron chi connectivity index (χ1n) is 9.40. The van der Waals surface area contributed by atoms with E-state index in [2.05, 4.69) is 20.3 Å². The molecule has 160 valence electrons. The van der Waals surface area contributed by atoms with Crippen LogP contribution in [0.2, 0.25) is 0 Å². The van der Waals surface area contributed by atoms with Crippen molar-refractivity contribution >= 4 is 29.9 Å². The van der Waals surface area contributed by atoms with E-state index in [0.29, 0.717) is 19.0 Å². The Kier molecular flexibility index (Phi) is 9.25. The van der Waals surface area contributed by atoms with Gasteiger partial charge >= 0.3 is 0 Å². The molecule has 0 saturated carbocycles. The Morgan fingerprint density at radius 2 is 1.90 bits per heavy atom. The lowest BCUT2D eigenvalue weighted by Crippen LogP contribution is -2.40. The standard InChI is InChI=1S/C22H26FN5O.HI/c1-24-22(26-14-20(29-3)17-9-11-18(23)12-10-17)28(2)15-21-25-13-19(27-21)16-7-5-4-6-8-16;/h4-13,20H,14-15H2,1-3H3,(H,24,26)(H,25,27);1H. The van der Waals surface area contributed by atoms with Gasteiger partial charge in [0.1, 0.15) is 11.6 Å². The van der Waals surface area contributed by atoms with E-state index in [-0.39, 0.29) is 35.9 Å². The molecule has 8 heteroatoms. The number of hydrogen-bond acceptors (Lipinski definition) is 3. The highest BCUT2D eigenvalue weighted by Crippen LogP contribution is 2.17. The van der Waals surface area contributed by atoms with Crippen LogP contribution in [0.15, 0.2) is 65.8 Å². The van der Waals surface area contributed by atoms with E-state index < -0.39 is 0 Å². The van der Waals surface area contributed by atoms with Crippen LogP contribution >= 0.6 is 24.0 Å². The van der Waals surface area contributed by atoms with Crippen LogP contribution in [-0.4, -0.2) is 48.6 Å². The minimum absolute atomic E-state index is 0. The van der Waals surface area contributed by atoms with Gasteiger partial charge < -0.3 is 19.9 Å². The summed E-state index contributed by atoms with van der Waals surface area (Å²) < 4.78 is 18.7. The quantitative estimate of drug-likeness (QED) is 0.277. The number of guanidine groups is 1. The number of hydrogen-bond donors (Lipinski definition) is 2. The van der Waals surface area contributed by atoms with E-state index in [0.717, 1.165) is 22.6 Å². The Bertz CT molecular complexity index is 930. The summed E-state index contributed by atoms with van der Waals surface area (Å²) in [5.41, 5.74) is 2.98. The summed E-state index contributed by atoms with van der Waals surface area (Å²) >= 11 is 0. The highest BCUT2D eigenvalue weighted by molar-refractivity contribution is 14.0. The van der Waals surface area contributed by atoms with Crippen LogP contribution in [0.3, 0.4) is 0 Å². The third-order valence-corrected chi connectivity index (χ3v) is 4.65. The molecule has 1 aromatic heterocycles. The van der Waals surface area contributed by atoms with Crippen LogP contribution in [0.1, 0.15) is 17.5 Å². The van der Waals surface area contributed by atoms with E-state index in [9.17, 15) is 4.39 Å². The predicted molar refractivity (Wildman–Crippen MR) is 128 cm³/mol. The number of aromatic nitrogens is 2. The average Bonchev–Trinajstić information content (AvgIpc) is 3.21. The molecule has 0 spiro atoms. The van der Waals surface area contributed by atoms with Gasteiger partial charge in [0.05, 0.1) is 24.5 Å². The third kappa shape index (κ3) is 6.27. The summed E-state index contributed by atoms with van der Waals surface area (Å²) in [6, 6.07) is 16.4. The summed E-state index contributed by atoms with van der Waals surface area (Å²) in [6.45, 7) is 1.08. The number of aliphatic imine (C=N–C) groups is 1. The van der Waals surface area contributed by atoms with Crippen LogP contribution in [0, 0.1) is 5.82 Å². The number of halogens is 2. The Morgan fingerprint density at radius 1 is 1.20 bits per heavy atom. The normalized spacial score (nSPS) is 12.2. The summed E-state index contributed by atoms with van der Waals surface area (Å²) in [7, 11) is 5.31. The topological polar surface area (TPSA) is 65.5 Å². The Balaban J connectivity index is 0.00000320. The first-order valence-corrected chi connectivity index (χ1v) is 9.40. The van der Waals surface area contributed by atoms with Gasteiger partial charge in [-0.25, -0.2) is 9.37 Å². The average molecular weight is 523 g/mol. The molecule has 30 heavy (non-hydrogen) atoms. The fourth-order valence-electron chi connectivity index (χ4n) is 3.09. The maximum Gasteiger partial charge on any atom is 0.193 e. The van der Waals surface area contributed by atoms with Gasteiger partial charge in [0.25, 0.3) is 0 Å². The number of methoxy groups -OCH3 is 1. The number of benzene rings is 2. The van der Waals surface area contributed by atoms with Crippen molar-refractivity contribution in [3.05, 3.63) is 78.0 Å². The fraction of sp³-hybridized carbons (Fsp3) is 0.273. The molecule has 0 fully saturated rings. The van der Waals surface area contributed by atoms with E-state index in [1.165, 1.54) is 12.1 Å². The SMILES string of the molecule is CN=C(NCC(OC)c1ccc(F)cc1)N(C)Cc1ncc(-c2ccccc2)[nH]1.I. The van der Waals surface area contributed by atoms with E-state index in [1.54, 1.807) is 26.3 Å². The molecule has 0 aliphatic carbocycles. The molecule has 0 radical (unpaired) electrons. The van der Waals surface area contributed by atoms with Gasteiger partial charge in [-0.3, -0.25) is 4.99 Å². The van der Waals surface area contributed by atoms with Crippen molar-refractivity contribution in [3.63, 3.8) is 0 Å². The summed E-state index contributed by atoms with van der Waals surface area (Å²) in [5.74, 6) is 1.29. The molecule has 1 heterocycles. The molecule has 3 aromatic rings. The van der Waals surface area contributed by atoms with Crippen LogP contribution in [0.25, 0.3) is 11.3 Å². The third-order valence-electron chi connectivity index (χ3n) is 4.65. The van der Waals surface area contributed by atoms with Crippen molar-refractivity contribution < 1.29 is 9.13 Å². The molecule has 0 saturated heterocycles. The zero-order chi connectivity index (χ0) is 20.6. The predicted octanol–water partition coefficient (Wildman–Crippen LogP) is 4.23. The van der Waals surface area contributed by atoms with Gasteiger partial charge in [-0.2, -0.15) is 0 Å². The van der Waals surface area contributed by atoms with Gasteiger partial charge in [-0.1, -0.05) is 42.5 Å². The van der Waals surface area contributed by atoms with Gasteiger partial charge in [-0.15, -0.1) is 24.0 Å². The van der Waals surface area contributed by atoms with E-state index in [4.69, 9.17) is 4.74 Å². The van der Waals surface area contributed by atoms with Crippen LogP contribution in [0.5, 0.6) is 0 Å². The van der Waals surface area contributed by atoms with E-state index >= 15 is 0 Å². The smallest absolute Gasteiger partial charge is 0.193 e. The maximum atomic E-state index is 13.2. The monoisotopic (exact) mass is 523 g/mol. The van der Waals surface area contributed by atoms with Crippen molar-refractivity contribution in [2.24, 2.45) is 4.99 Å². The first kappa shape index (κ1) is 23.8. The van der Waals surface area contributed by atoms with Gasteiger partial charge in [0.2, 0.25) is 0 Å². The molecular weight excluding hydrogens is 496 g/mol. The van der Waals surface area contributed by atoms with Gasteiger partial charge in [0, 0.05) is 27.7 Å².